The van der Waals surface area contributed by atoms with E-state index in [0.29, 0.717) is 19.3 Å². The summed E-state index contributed by atoms with van der Waals surface area (Å²) >= 11 is 0. The van der Waals surface area contributed by atoms with E-state index >= 15 is 0 Å². The zero-order valence-electron chi connectivity index (χ0n) is 14.9. The molecule has 1 aliphatic rings. The second-order valence-corrected chi connectivity index (χ2v) is 9.00. The minimum Gasteiger partial charge on any atom is -0.444 e. The van der Waals surface area contributed by atoms with Crippen molar-refractivity contribution in [1.29, 1.82) is 0 Å². The first-order valence-electron chi connectivity index (χ1n) is 7.94. The van der Waals surface area contributed by atoms with Crippen LogP contribution in [0.2, 0.25) is 0 Å². The van der Waals surface area contributed by atoms with E-state index in [0.717, 1.165) is 0 Å². The number of nitrogens with one attached hydrogen (secondary N) is 1. The van der Waals surface area contributed by atoms with Crippen LogP contribution in [0.15, 0.2) is 0 Å². The van der Waals surface area contributed by atoms with Crippen LogP contribution in [0.5, 0.6) is 0 Å². The van der Waals surface area contributed by atoms with E-state index < -0.39 is 39.5 Å². The van der Waals surface area contributed by atoms with Crippen molar-refractivity contribution >= 4 is 22.1 Å². The Kier molecular flexibility index (Phi) is 6.63. The first-order chi connectivity index (χ1) is 10.8. The number of ether oxygens (including phenoxy) is 1. The van der Waals surface area contributed by atoms with Crippen molar-refractivity contribution in [2.24, 2.45) is 11.8 Å². The van der Waals surface area contributed by atoms with Crippen molar-refractivity contribution in [3.63, 3.8) is 0 Å². The van der Waals surface area contributed by atoms with Crippen molar-refractivity contribution in [3.8, 4) is 0 Å². The van der Waals surface area contributed by atoms with Gasteiger partial charge in [-0.25, -0.2) is 4.79 Å². The fourth-order valence-electron chi connectivity index (χ4n) is 2.93. The Morgan fingerprint density at radius 1 is 1.25 bits per heavy atom. The van der Waals surface area contributed by atoms with E-state index in [1.165, 1.54) is 4.90 Å². The van der Waals surface area contributed by atoms with E-state index in [1.807, 2.05) is 0 Å². The topological polar surface area (TPSA) is 113 Å². The highest BCUT2D eigenvalue weighted by molar-refractivity contribution is 7.85. The average molecular weight is 364 g/mol. The van der Waals surface area contributed by atoms with Gasteiger partial charge in [0.25, 0.3) is 10.1 Å². The maximum Gasteiger partial charge on any atom is 0.407 e. The number of alkyl carbamates (subject to hydrolysis) is 1. The normalized spacial score (nSPS) is 25.0. The molecule has 0 aromatic rings. The Labute approximate surface area is 143 Å². The Morgan fingerprint density at radius 2 is 1.83 bits per heavy atom. The molecular weight excluding hydrogens is 336 g/mol. The Balaban J connectivity index is 2.86. The maximum absolute atomic E-state index is 12.2. The number of amides is 2. The summed E-state index contributed by atoms with van der Waals surface area (Å²) in [5, 5.41) is 2.66. The SMILES string of the molecule is CN(C)C(=O)[C@H]1CC[C@@H](CS(=O)(=O)O)[C@H](NC(=O)OC(C)(C)C)C1. The van der Waals surface area contributed by atoms with Gasteiger partial charge in [-0.15, -0.1) is 0 Å². The van der Waals surface area contributed by atoms with Crippen LogP contribution in [0.25, 0.3) is 0 Å². The van der Waals surface area contributed by atoms with Gasteiger partial charge in [0.1, 0.15) is 5.60 Å². The lowest BCUT2D eigenvalue weighted by Gasteiger charge is -2.36. The molecule has 2 amide bonds. The molecule has 0 radical (unpaired) electrons. The molecular formula is C15H28N2O6S. The monoisotopic (exact) mass is 364 g/mol. The Morgan fingerprint density at radius 3 is 2.29 bits per heavy atom. The molecule has 1 saturated carbocycles. The summed E-state index contributed by atoms with van der Waals surface area (Å²) in [5.74, 6) is -1.26. The highest BCUT2D eigenvalue weighted by Gasteiger charge is 2.37. The molecule has 0 bridgehead atoms. The number of nitrogens with zero attached hydrogens (tertiary/aromatic N) is 1. The molecule has 0 heterocycles. The summed E-state index contributed by atoms with van der Waals surface area (Å²) in [6.45, 7) is 5.17. The van der Waals surface area contributed by atoms with E-state index in [9.17, 15) is 18.0 Å². The zero-order valence-corrected chi connectivity index (χ0v) is 15.7. The lowest BCUT2D eigenvalue weighted by atomic mass is 9.78. The standard InChI is InChI=1S/C15H28N2O6S/c1-15(2,3)23-14(19)16-12-8-10(13(18)17(4)5)6-7-11(12)9-24(20,21)22/h10-12H,6-9H2,1-5H3,(H,16,19)(H,20,21,22)/t10-,11-,12+/m0/s1. The third-order valence-electron chi connectivity index (χ3n) is 3.91. The van der Waals surface area contributed by atoms with Crippen molar-refractivity contribution in [2.45, 2.75) is 51.7 Å². The van der Waals surface area contributed by atoms with Crippen LogP contribution in [0, 0.1) is 11.8 Å². The van der Waals surface area contributed by atoms with Gasteiger partial charge in [-0.2, -0.15) is 8.42 Å². The quantitative estimate of drug-likeness (QED) is 0.727. The highest BCUT2D eigenvalue weighted by Crippen LogP contribution is 2.31. The highest BCUT2D eigenvalue weighted by atomic mass is 32.2. The van der Waals surface area contributed by atoms with Gasteiger partial charge in [0.15, 0.2) is 0 Å². The number of carbonyl (C=O) groups is 2. The predicted molar refractivity (Wildman–Crippen MR) is 89.1 cm³/mol. The van der Waals surface area contributed by atoms with Gasteiger partial charge in [-0.05, 0) is 46.0 Å². The number of hydrogen-bond acceptors (Lipinski definition) is 5. The fraction of sp³-hybridized carbons (Fsp3) is 0.867. The molecule has 0 unspecified atom stereocenters. The van der Waals surface area contributed by atoms with Crippen LogP contribution < -0.4 is 5.32 Å². The number of hydrogen-bond donors (Lipinski definition) is 2. The first-order valence-corrected chi connectivity index (χ1v) is 9.55. The van der Waals surface area contributed by atoms with Crippen LogP contribution in [0.1, 0.15) is 40.0 Å². The molecule has 0 aromatic carbocycles. The second-order valence-electron chi connectivity index (χ2n) is 7.50. The summed E-state index contributed by atoms with van der Waals surface area (Å²) in [6.07, 6.45) is 0.593. The molecule has 24 heavy (non-hydrogen) atoms. The fourth-order valence-corrected chi connectivity index (χ4v) is 3.87. The number of carbonyl (C=O) groups excluding carboxylic acids is 2. The molecule has 8 nitrogen and oxygen atoms in total. The van der Waals surface area contributed by atoms with Crippen molar-refractivity contribution < 1.29 is 27.3 Å². The van der Waals surface area contributed by atoms with Gasteiger partial charge >= 0.3 is 6.09 Å². The first kappa shape index (κ1) is 20.7. The lowest BCUT2D eigenvalue weighted by Crippen LogP contribution is -2.49. The molecule has 3 atom stereocenters. The van der Waals surface area contributed by atoms with Crippen molar-refractivity contribution in [2.75, 3.05) is 19.8 Å². The van der Waals surface area contributed by atoms with E-state index in [2.05, 4.69) is 5.32 Å². The number of rotatable bonds is 4. The van der Waals surface area contributed by atoms with Gasteiger partial charge in [-0.1, -0.05) is 0 Å². The van der Waals surface area contributed by atoms with Crippen LogP contribution in [-0.4, -0.2) is 61.4 Å². The third kappa shape index (κ3) is 7.04. The van der Waals surface area contributed by atoms with Gasteiger partial charge in [0.05, 0.1) is 5.75 Å². The molecule has 0 aromatic heterocycles. The average Bonchev–Trinajstić information content (AvgIpc) is 2.35. The van der Waals surface area contributed by atoms with Gasteiger partial charge in [-0.3, -0.25) is 9.35 Å². The Bertz CT molecular complexity index is 567. The summed E-state index contributed by atoms with van der Waals surface area (Å²) in [6, 6.07) is -0.551. The second kappa shape index (κ2) is 7.69. The summed E-state index contributed by atoms with van der Waals surface area (Å²) in [7, 11) is -0.858. The summed E-state index contributed by atoms with van der Waals surface area (Å²) < 4.78 is 36.8. The molecule has 1 rings (SSSR count). The van der Waals surface area contributed by atoms with Gasteiger partial charge < -0.3 is 15.0 Å². The molecule has 2 N–H and O–H groups in total. The summed E-state index contributed by atoms with van der Waals surface area (Å²) in [4.78, 5) is 25.7. The molecule has 140 valence electrons. The van der Waals surface area contributed by atoms with Crippen LogP contribution in [-0.2, 0) is 19.6 Å². The smallest absolute Gasteiger partial charge is 0.407 e. The largest absolute Gasteiger partial charge is 0.444 e. The molecule has 9 heteroatoms. The predicted octanol–water partition coefficient (Wildman–Crippen LogP) is 1.27. The van der Waals surface area contributed by atoms with E-state index in [-0.39, 0.29) is 11.8 Å². The van der Waals surface area contributed by atoms with Crippen LogP contribution >= 0.6 is 0 Å². The van der Waals surface area contributed by atoms with Crippen molar-refractivity contribution in [3.05, 3.63) is 0 Å². The third-order valence-corrected chi connectivity index (χ3v) is 4.76. The van der Waals surface area contributed by atoms with E-state index in [1.54, 1.807) is 34.9 Å². The zero-order chi connectivity index (χ0) is 18.7. The van der Waals surface area contributed by atoms with Gasteiger partial charge in [0, 0.05) is 26.1 Å². The van der Waals surface area contributed by atoms with E-state index in [4.69, 9.17) is 9.29 Å². The van der Waals surface area contributed by atoms with Crippen molar-refractivity contribution in [1.82, 2.24) is 10.2 Å². The molecule has 0 saturated heterocycles. The maximum atomic E-state index is 12.2. The molecule has 1 aliphatic carbocycles. The van der Waals surface area contributed by atoms with Gasteiger partial charge in [0.2, 0.25) is 5.91 Å². The molecule has 0 spiro atoms. The minimum absolute atomic E-state index is 0.0590. The van der Waals surface area contributed by atoms with Crippen LogP contribution in [0.4, 0.5) is 4.79 Å². The molecule has 0 aliphatic heterocycles. The minimum atomic E-state index is -4.17. The Hall–Kier alpha value is -1.35. The van der Waals surface area contributed by atoms with Crippen LogP contribution in [0.3, 0.4) is 0 Å². The molecule has 1 fully saturated rings. The lowest BCUT2D eigenvalue weighted by molar-refractivity contribution is -0.134. The summed E-state index contributed by atoms with van der Waals surface area (Å²) in [5.41, 5.74) is -0.684.